The largest absolute Gasteiger partial charge is 0.481 e. The summed E-state index contributed by atoms with van der Waals surface area (Å²) >= 11 is 0. The van der Waals surface area contributed by atoms with Gasteiger partial charge in [-0.2, -0.15) is 0 Å². The number of ether oxygens (including phenoxy) is 4. The van der Waals surface area contributed by atoms with Gasteiger partial charge in [0, 0.05) is 42.6 Å². The van der Waals surface area contributed by atoms with E-state index in [9.17, 15) is 43.8 Å². The number of hydrogen-bond donors (Lipinski definition) is 6. The second kappa shape index (κ2) is 21.3. The first-order valence-corrected chi connectivity index (χ1v) is 21.6. The van der Waals surface area contributed by atoms with E-state index in [4.69, 9.17) is 29.7 Å². The third-order valence-electron chi connectivity index (χ3n) is 11.7. The number of nitrogens with zero attached hydrogens (tertiary/aromatic N) is 3. The highest BCUT2D eigenvalue weighted by atomic mass is 16.6. The molecule has 1 aromatic carbocycles. The molecule has 1 saturated heterocycles. The maximum absolute atomic E-state index is 14.0. The average Bonchev–Trinajstić information content (AvgIpc) is 3.91. The third-order valence-corrected chi connectivity index (χ3v) is 11.7. The predicted molar refractivity (Wildman–Crippen MR) is 228 cm³/mol. The number of aliphatic hydroxyl groups is 1. The Labute approximate surface area is 369 Å². The number of carboxylic acids is 1. The van der Waals surface area contributed by atoms with Crippen LogP contribution >= 0.6 is 0 Å². The number of carboxylic acid groups (broad SMARTS) is 1. The lowest BCUT2D eigenvalue weighted by Crippen LogP contribution is -2.57. The van der Waals surface area contributed by atoms with Crippen LogP contribution in [-0.2, 0) is 73.0 Å². The van der Waals surface area contributed by atoms with Gasteiger partial charge in [0.1, 0.15) is 24.7 Å². The lowest BCUT2D eigenvalue weighted by molar-refractivity contribution is -0.172. The number of nitrogens with two attached hydrogens (primary N) is 1. The normalized spacial score (nSPS) is 18.5. The number of aliphatic carboxylic acids is 1. The number of para-hydroxylation sites is 1. The molecule has 4 atom stereocenters. The zero-order valence-electron chi connectivity index (χ0n) is 36.3. The minimum absolute atomic E-state index is 0.00126. The summed E-state index contributed by atoms with van der Waals surface area (Å²) in [4.78, 5) is 99.0. The van der Waals surface area contributed by atoms with Crippen LogP contribution in [0.3, 0.4) is 0 Å². The summed E-state index contributed by atoms with van der Waals surface area (Å²) in [6.45, 7) is 7.15. The van der Waals surface area contributed by atoms with Gasteiger partial charge in [-0.25, -0.2) is 9.78 Å². The molecule has 0 saturated carbocycles. The van der Waals surface area contributed by atoms with E-state index in [1.54, 1.807) is 32.9 Å². The van der Waals surface area contributed by atoms with Crippen LogP contribution in [0.4, 0.5) is 0 Å². The summed E-state index contributed by atoms with van der Waals surface area (Å²) in [7, 11) is 0. The highest BCUT2D eigenvalue weighted by molar-refractivity contribution is 5.96. The number of carbonyl (C=O) groups excluding carboxylic acids is 5. The van der Waals surface area contributed by atoms with Crippen molar-refractivity contribution in [2.75, 3.05) is 52.7 Å². The lowest BCUT2D eigenvalue weighted by Gasteiger charge is -2.31. The monoisotopic (exact) mass is 891 g/mol. The topological polar surface area (TPSA) is 280 Å². The Bertz CT molecular complexity index is 2320. The van der Waals surface area contributed by atoms with Crippen LogP contribution in [0.5, 0.6) is 0 Å². The van der Waals surface area contributed by atoms with E-state index in [0.717, 1.165) is 5.39 Å². The maximum atomic E-state index is 14.0. The molecule has 4 amide bonds. The van der Waals surface area contributed by atoms with Gasteiger partial charge in [-0.05, 0) is 42.9 Å². The SMILES string of the molecule is CC[C@@]1(O)C(=O)OCc2c1cc1n(c2=O)Cc2c-1nc1ccccc1c2CNC(=O)[C@@H](NC(=O)[C@@H]1CCCN1C(=O)[C@H](CC(=O)O)NC(=O)CCOCCOCCOCCN)C(C)C. The molecule has 5 heterocycles. The second-order valence-electron chi connectivity index (χ2n) is 16.3. The third kappa shape index (κ3) is 10.4. The van der Waals surface area contributed by atoms with Crippen molar-refractivity contribution in [3.05, 3.63) is 62.9 Å². The Morgan fingerprint density at radius 1 is 1.00 bits per heavy atom. The first kappa shape index (κ1) is 47.7. The molecule has 0 unspecified atom stereocenters. The van der Waals surface area contributed by atoms with Crippen molar-refractivity contribution in [3.8, 4) is 11.4 Å². The smallest absolute Gasteiger partial charge is 0.343 e. The molecule has 0 spiro atoms. The number of carbonyl (C=O) groups is 6. The minimum Gasteiger partial charge on any atom is -0.481 e. The summed E-state index contributed by atoms with van der Waals surface area (Å²) < 4.78 is 22.7. The lowest BCUT2D eigenvalue weighted by atomic mass is 9.86. The van der Waals surface area contributed by atoms with E-state index < -0.39 is 77.2 Å². The van der Waals surface area contributed by atoms with Gasteiger partial charge in [0.25, 0.3) is 5.56 Å². The van der Waals surface area contributed by atoms with Crippen LogP contribution in [0.25, 0.3) is 22.3 Å². The van der Waals surface area contributed by atoms with Crippen molar-refractivity contribution in [1.29, 1.82) is 0 Å². The van der Waals surface area contributed by atoms with E-state index >= 15 is 0 Å². The Morgan fingerprint density at radius 2 is 1.70 bits per heavy atom. The van der Waals surface area contributed by atoms with Crippen LogP contribution in [0.15, 0.2) is 35.1 Å². The molecule has 2 aromatic heterocycles. The van der Waals surface area contributed by atoms with Gasteiger partial charge in [-0.15, -0.1) is 0 Å². The van der Waals surface area contributed by atoms with Gasteiger partial charge >= 0.3 is 11.9 Å². The zero-order valence-corrected chi connectivity index (χ0v) is 36.3. The minimum atomic E-state index is -2.00. The van der Waals surface area contributed by atoms with Gasteiger partial charge in [0.15, 0.2) is 5.60 Å². The quantitative estimate of drug-likeness (QED) is 0.0454. The van der Waals surface area contributed by atoms with Crippen molar-refractivity contribution in [2.45, 2.75) is 96.3 Å². The fourth-order valence-corrected chi connectivity index (χ4v) is 8.32. The first-order valence-electron chi connectivity index (χ1n) is 21.6. The van der Waals surface area contributed by atoms with E-state index in [2.05, 4.69) is 16.0 Å². The Hall–Kier alpha value is -5.80. The Morgan fingerprint density at radius 3 is 2.39 bits per heavy atom. The summed E-state index contributed by atoms with van der Waals surface area (Å²) in [6.07, 6.45) is -0.185. The number of fused-ring (bicyclic) bond motifs is 5. The number of rotatable bonds is 22. The van der Waals surface area contributed by atoms with Gasteiger partial charge in [0.2, 0.25) is 23.6 Å². The van der Waals surface area contributed by atoms with Crippen LogP contribution in [-0.4, -0.2) is 131 Å². The molecule has 20 nitrogen and oxygen atoms in total. The summed E-state index contributed by atoms with van der Waals surface area (Å²) in [6, 6.07) is 5.39. The molecule has 0 aliphatic carbocycles. The number of hydrogen-bond acceptors (Lipinski definition) is 14. The number of aromatic nitrogens is 2. The van der Waals surface area contributed by atoms with Crippen molar-refractivity contribution in [1.82, 2.24) is 30.4 Å². The average molecular weight is 892 g/mol. The highest BCUT2D eigenvalue weighted by Gasteiger charge is 2.46. The number of cyclic esters (lactones) is 1. The second-order valence-corrected chi connectivity index (χ2v) is 16.3. The summed E-state index contributed by atoms with van der Waals surface area (Å²) in [5, 5.41) is 29.9. The Kier molecular flexibility index (Phi) is 15.8. The van der Waals surface area contributed by atoms with Gasteiger partial charge in [0.05, 0.1) is 75.1 Å². The molecular weight excluding hydrogens is 835 g/mol. The van der Waals surface area contributed by atoms with Gasteiger partial charge in [-0.3, -0.25) is 28.8 Å². The molecule has 3 aliphatic rings. The van der Waals surface area contributed by atoms with Crippen molar-refractivity contribution < 1.29 is 57.9 Å². The van der Waals surface area contributed by atoms with Crippen molar-refractivity contribution in [2.24, 2.45) is 11.7 Å². The van der Waals surface area contributed by atoms with E-state index in [1.807, 2.05) is 18.2 Å². The van der Waals surface area contributed by atoms with Crippen LogP contribution in [0.2, 0.25) is 0 Å². The van der Waals surface area contributed by atoms with Crippen LogP contribution < -0.4 is 27.2 Å². The van der Waals surface area contributed by atoms with Crippen molar-refractivity contribution >= 4 is 46.5 Å². The number of benzene rings is 1. The molecule has 64 heavy (non-hydrogen) atoms. The number of amides is 4. The molecule has 346 valence electrons. The maximum Gasteiger partial charge on any atom is 0.343 e. The van der Waals surface area contributed by atoms with Crippen molar-refractivity contribution in [3.63, 3.8) is 0 Å². The molecule has 20 heteroatoms. The summed E-state index contributed by atoms with van der Waals surface area (Å²) in [5.74, 6) is -5.02. The molecule has 0 bridgehead atoms. The predicted octanol–water partition coefficient (Wildman–Crippen LogP) is 0.186. The van der Waals surface area contributed by atoms with E-state index in [0.29, 0.717) is 60.8 Å². The molecular formula is C44H57N7O13. The first-order chi connectivity index (χ1) is 30.7. The summed E-state index contributed by atoms with van der Waals surface area (Å²) in [5.41, 5.74) is 6.12. The van der Waals surface area contributed by atoms with E-state index in [1.165, 1.54) is 9.47 Å². The molecule has 0 radical (unpaired) electrons. The van der Waals surface area contributed by atoms with Crippen LogP contribution in [0.1, 0.15) is 75.1 Å². The molecule has 3 aliphatic heterocycles. The zero-order chi connectivity index (χ0) is 46.1. The Balaban J connectivity index is 1.11. The fourth-order valence-electron chi connectivity index (χ4n) is 8.32. The highest BCUT2D eigenvalue weighted by Crippen LogP contribution is 2.40. The van der Waals surface area contributed by atoms with Gasteiger partial charge in [-0.1, -0.05) is 39.0 Å². The number of esters is 1. The molecule has 6 rings (SSSR count). The molecule has 7 N–H and O–H groups in total. The van der Waals surface area contributed by atoms with E-state index in [-0.39, 0.29) is 76.5 Å². The standard InChI is InChI=1S/C44H57N7O13/c1-4-44(60)30-20-34-38-28(23-51(34)41(57)29(30)24-64-43(44)59)27(26-8-5-6-9-31(26)48-38)22-46-40(56)37(25(2)3)49-39(55)33-10-7-13-50(33)42(58)32(21-36(53)54)47-35(52)11-14-61-16-18-63-19-17-62-15-12-45/h5-6,8-9,20,25,32-33,37,60H,4,7,10-19,21-24,45H2,1-3H3,(H,46,56)(H,47,52)(H,49,55)(H,53,54)/t32-,33-,37-,44-/m0/s1. The number of nitrogens with one attached hydrogen (secondary N) is 3. The fraction of sp³-hybridized carbons (Fsp3) is 0.545. The number of likely N-dealkylation sites (tertiary alicyclic amines) is 1. The number of pyridine rings is 2. The van der Waals surface area contributed by atoms with Crippen LogP contribution in [0, 0.1) is 5.92 Å². The molecule has 1 fully saturated rings. The molecule has 3 aromatic rings. The van der Waals surface area contributed by atoms with Gasteiger partial charge < -0.3 is 60.3 Å².